The number of nitrogens with one attached hydrogen (secondary N) is 2. The lowest BCUT2D eigenvalue weighted by atomic mass is 9.92. The molecule has 1 unspecified atom stereocenters. The van der Waals surface area contributed by atoms with Crippen LogP contribution in [0.5, 0.6) is 0 Å². The largest absolute Gasteiger partial charge is 0.357 e. The maximum absolute atomic E-state index is 4.50. The van der Waals surface area contributed by atoms with Gasteiger partial charge in [0, 0.05) is 24.8 Å². The molecule has 0 bridgehead atoms. The van der Waals surface area contributed by atoms with E-state index in [0.29, 0.717) is 6.04 Å². The standard InChI is InChI=1S/C11H18N4/c1-3-13-9-5-4-6-10-8(9)7-14-11(12-2)15-10/h7,9,13H,3-6H2,1-2H3,(H,12,14,15). The second-order valence-corrected chi connectivity index (χ2v) is 3.85. The van der Waals surface area contributed by atoms with Crippen LogP contribution in [0.25, 0.3) is 0 Å². The highest BCUT2D eigenvalue weighted by molar-refractivity contribution is 5.32. The van der Waals surface area contributed by atoms with Gasteiger partial charge in [-0.3, -0.25) is 0 Å². The summed E-state index contributed by atoms with van der Waals surface area (Å²) in [4.78, 5) is 8.78. The number of fused-ring (bicyclic) bond motifs is 1. The van der Waals surface area contributed by atoms with Gasteiger partial charge < -0.3 is 10.6 Å². The smallest absolute Gasteiger partial charge is 0.222 e. The van der Waals surface area contributed by atoms with Crippen LogP contribution in [0.3, 0.4) is 0 Å². The Morgan fingerprint density at radius 2 is 2.40 bits per heavy atom. The first-order valence-electron chi connectivity index (χ1n) is 5.62. The van der Waals surface area contributed by atoms with Crippen LogP contribution < -0.4 is 10.6 Å². The van der Waals surface area contributed by atoms with Crippen molar-refractivity contribution in [1.82, 2.24) is 15.3 Å². The Hall–Kier alpha value is -1.16. The SMILES string of the molecule is CCNC1CCCc2nc(NC)ncc21. The molecular weight excluding hydrogens is 188 g/mol. The fourth-order valence-electron chi connectivity index (χ4n) is 2.13. The van der Waals surface area contributed by atoms with Crippen LogP contribution in [0, 0.1) is 0 Å². The molecule has 0 spiro atoms. The first-order chi connectivity index (χ1) is 7.35. The van der Waals surface area contributed by atoms with Crippen molar-refractivity contribution in [2.75, 3.05) is 18.9 Å². The summed E-state index contributed by atoms with van der Waals surface area (Å²) in [5.41, 5.74) is 2.48. The Labute approximate surface area is 90.5 Å². The van der Waals surface area contributed by atoms with Crippen LogP contribution in [0.15, 0.2) is 6.20 Å². The molecule has 1 atom stereocenters. The van der Waals surface area contributed by atoms with Crippen LogP contribution in [-0.2, 0) is 6.42 Å². The minimum absolute atomic E-state index is 0.449. The highest BCUT2D eigenvalue weighted by Gasteiger charge is 2.20. The molecule has 0 radical (unpaired) electrons. The second kappa shape index (κ2) is 4.57. The molecule has 0 amide bonds. The Balaban J connectivity index is 2.28. The first kappa shape index (κ1) is 10.4. The third-order valence-electron chi connectivity index (χ3n) is 2.86. The van der Waals surface area contributed by atoms with Crippen molar-refractivity contribution < 1.29 is 0 Å². The number of nitrogens with zero attached hydrogens (tertiary/aromatic N) is 2. The lowest BCUT2D eigenvalue weighted by Crippen LogP contribution is -2.26. The number of anilines is 1. The molecule has 82 valence electrons. The van der Waals surface area contributed by atoms with E-state index in [1.807, 2.05) is 13.2 Å². The zero-order chi connectivity index (χ0) is 10.7. The van der Waals surface area contributed by atoms with Gasteiger partial charge in [-0.15, -0.1) is 0 Å². The number of hydrogen-bond donors (Lipinski definition) is 2. The lowest BCUT2D eigenvalue weighted by Gasteiger charge is -2.25. The fraction of sp³-hybridized carbons (Fsp3) is 0.636. The van der Waals surface area contributed by atoms with Gasteiger partial charge >= 0.3 is 0 Å². The predicted molar refractivity (Wildman–Crippen MR) is 60.9 cm³/mol. The highest BCUT2D eigenvalue weighted by Crippen LogP contribution is 2.28. The van der Waals surface area contributed by atoms with E-state index in [4.69, 9.17) is 0 Å². The van der Waals surface area contributed by atoms with E-state index >= 15 is 0 Å². The van der Waals surface area contributed by atoms with Crippen LogP contribution in [0.4, 0.5) is 5.95 Å². The fourth-order valence-corrected chi connectivity index (χ4v) is 2.13. The van der Waals surface area contributed by atoms with Gasteiger partial charge in [-0.2, -0.15) is 0 Å². The zero-order valence-electron chi connectivity index (χ0n) is 9.38. The monoisotopic (exact) mass is 206 g/mol. The van der Waals surface area contributed by atoms with Gasteiger partial charge in [0.1, 0.15) is 0 Å². The van der Waals surface area contributed by atoms with E-state index in [-0.39, 0.29) is 0 Å². The summed E-state index contributed by atoms with van der Waals surface area (Å²) >= 11 is 0. The number of rotatable bonds is 3. The Bertz CT molecular complexity index is 337. The summed E-state index contributed by atoms with van der Waals surface area (Å²) < 4.78 is 0. The Kier molecular flexibility index (Phi) is 3.16. The van der Waals surface area contributed by atoms with Gasteiger partial charge in [-0.05, 0) is 25.8 Å². The van der Waals surface area contributed by atoms with Crippen molar-refractivity contribution in [3.8, 4) is 0 Å². The van der Waals surface area contributed by atoms with Crippen molar-refractivity contribution >= 4 is 5.95 Å². The van der Waals surface area contributed by atoms with Crippen LogP contribution in [0.1, 0.15) is 37.1 Å². The third-order valence-corrected chi connectivity index (χ3v) is 2.86. The molecule has 1 aromatic rings. The van der Waals surface area contributed by atoms with Crippen molar-refractivity contribution in [2.24, 2.45) is 0 Å². The van der Waals surface area contributed by atoms with Crippen molar-refractivity contribution in [3.63, 3.8) is 0 Å². The Morgan fingerprint density at radius 3 is 3.13 bits per heavy atom. The molecule has 0 aliphatic heterocycles. The van der Waals surface area contributed by atoms with Crippen LogP contribution in [-0.4, -0.2) is 23.6 Å². The van der Waals surface area contributed by atoms with E-state index in [2.05, 4.69) is 27.5 Å². The van der Waals surface area contributed by atoms with E-state index < -0.39 is 0 Å². The summed E-state index contributed by atoms with van der Waals surface area (Å²) in [6, 6.07) is 0.449. The molecule has 0 fully saturated rings. The molecule has 4 heteroatoms. The molecule has 1 heterocycles. The first-order valence-corrected chi connectivity index (χ1v) is 5.62. The molecule has 15 heavy (non-hydrogen) atoms. The predicted octanol–water partition coefficient (Wildman–Crippen LogP) is 1.51. The second-order valence-electron chi connectivity index (χ2n) is 3.85. The van der Waals surface area contributed by atoms with E-state index in [1.54, 1.807) is 0 Å². The molecule has 1 aromatic heterocycles. The van der Waals surface area contributed by atoms with E-state index in [9.17, 15) is 0 Å². The minimum Gasteiger partial charge on any atom is -0.357 e. The van der Waals surface area contributed by atoms with Crippen molar-refractivity contribution in [2.45, 2.75) is 32.2 Å². The molecule has 2 N–H and O–H groups in total. The number of hydrogen-bond acceptors (Lipinski definition) is 4. The topological polar surface area (TPSA) is 49.8 Å². The summed E-state index contributed by atoms with van der Waals surface area (Å²) in [6.07, 6.45) is 5.45. The molecule has 0 saturated carbocycles. The molecule has 1 aliphatic carbocycles. The maximum atomic E-state index is 4.50. The normalized spacial score (nSPS) is 19.7. The van der Waals surface area contributed by atoms with Crippen molar-refractivity contribution in [3.05, 3.63) is 17.5 Å². The van der Waals surface area contributed by atoms with Gasteiger partial charge in [-0.25, -0.2) is 9.97 Å². The van der Waals surface area contributed by atoms with Crippen LogP contribution >= 0.6 is 0 Å². The molecule has 4 nitrogen and oxygen atoms in total. The van der Waals surface area contributed by atoms with Gasteiger partial charge in [0.2, 0.25) is 5.95 Å². The molecule has 0 saturated heterocycles. The number of aryl methyl sites for hydroxylation is 1. The zero-order valence-corrected chi connectivity index (χ0v) is 9.38. The lowest BCUT2D eigenvalue weighted by molar-refractivity contribution is 0.464. The van der Waals surface area contributed by atoms with E-state index in [1.165, 1.54) is 24.1 Å². The third kappa shape index (κ3) is 2.09. The number of aromatic nitrogens is 2. The molecule has 2 rings (SSSR count). The molecular formula is C11H18N4. The molecule has 0 aromatic carbocycles. The molecule has 1 aliphatic rings. The summed E-state index contributed by atoms with van der Waals surface area (Å²) in [5, 5.41) is 6.46. The van der Waals surface area contributed by atoms with Crippen molar-refractivity contribution in [1.29, 1.82) is 0 Å². The summed E-state index contributed by atoms with van der Waals surface area (Å²) in [6.45, 7) is 3.13. The average Bonchev–Trinajstić information content (AvgIpc) is 2.29. The van der Waals surface area contributed by atoms with Gasteiger partial charge in [0.05, 0.1) is 5.69 Å². The van der Waals surface area contributed by atoms with Gasteiger partial charge in [-0.1, -0.05) is 6.92 Å². The van der Waals surface area contributed by atoms with Gasteiger partial charge in [0.15, 0.2) is 0 Å². The van der Waals surface area contributed by atoms with Crippen LogP contribution in [0.2, 0.25) is 0 Å². The Morgan fingerprint density at radius 1 is 1.53 bits per heavy atom. The van der Waals surface area contributed by atoms with E-state index in [0.717, 1.165) is 18.9 Å². The highest BCUT2D eigenvalue weighted by atomic mass is 15.1. The minimum atomic E-state index is 0.449. The van der Waals surface area contributed by atoms with Gasteiger partial charge in [0.25, 0.3) is 0 Å². The summed E-state index contributed by atoms with van der Waals surface area (Å²) in [7, 11) is 1.85. The maximum Gasteiger partial charge on any atom is 0.222 e. The average molecular weight is 206 g/mol. The quantitative estimate of drug-likeness (QED) is 0.787. The summed E-state index contributed by atoms with van der Waals surface area (Å²) in [5.74, 6) is 0.728.